The maximum absolute atomic E-state index is 13.2. The highest BCUT2D eigenvalue weighted by Gasteiger charge is 2.30. The minimum atomic E-state index is -4.36. The number of rotatable bonds is 3. The van der Waals surface area contributed by atoms with Crippen molar-refractivity contribution in [1.29, 1.82) is 0 Å². The number of aryl methyl sites for hydroxylation is 2. The van der Waals surface area contributed by atoms with Crippen LogP contribution in [0.25, 0.3) is 65.7 Å². The first kappa shape index (κ1) is 24.4. The van der Waals surface area contributed by atoms with Crippen LogP contribution in [0.15, 0.2) is 115 Å². The molecule has 7 aromatic carbocycles. The first-order valence-electron chi connectivity index (χ1n) is 13.3. The van der Waals surface area contributed by atoms with E-state index in [0.29, 0.717) is 0 Å². The number of benzene rings is 7. The lowest BCUT2D eigenvalue weighted by atomic mass is 9.84. The van der Waals surface area contributed by atoms with Crippen LogP contribution in [0, 0.1) is 13.8 Å². The Balaban J connectivity index is 1.56. The predicted molar refractivity (Wildman–Crippen MR) is 161 cm³/mol. The molecule has 7 aromatic rings. The van der Waals surface area contributed by atoms with Crippen LogP contribution in [0.1, 0.15) is 16.7 Å². The number of hydrogen-bond donors (Lipinski definition) is 0. The molecule has 0 bridgehead atoms. The molecule has 0 spiro atoms. The zero-order valence-corrected chi connectivity index (χ0v) is 22.1. The van der Waals surface area contributed by atoms with E-state index >= 15 is 0 Å². The van der Waals surface area contributed by atoms with Gasteiger partial charge in [0.25, 0.3) is 0 Å². The van der Waals surface area contributed by atoms with E-state index in [9.17, 15) is 13.2 Å². The number of hydrogen-bond acceptors (Lipinski definition) is 0. The lowest BCUT2D eigenvalue weighted by Gasteiger charge is -2.20. The van der Waals surface area contributed by atoms with Gasteiger partial charge in [0.1, 0.15) is 0 Å². The fourth-order valence-corrected chi connectivity index (χ4v) is 5.93. The highest BCUT2D eigenvalue weighted by molar-refractivity contribution is 6.29. The van der Waals surface area contributed by atoms with Crippen LogP contribution >= 0.6 is 0 Å². The molecule has 3 heteroatoms. The average molecular weight is 527 g/mol. The van der Waals surface area contributed by atoms with Gasteiger partial charge in [-0.05, 0) is 97.7 Å². The zero-order valence-electron chi connectivity index (χ0n) is 22.1. The fraction of sp³-hybridized carbons (Fsp3) is 0.0811. The third-order valence-electron chi connectivity index (χ3n) is 8.03. The van der Waals surface area contributed by atoms with Gasteiger partial charge in [0, 0.05) is 0 Å². The van der Waals surface area contributed by atoms with E-state index in [2.05, 4.69) is 98.8 Å². The summed E-state index contributed by atoms with van der Waals surface area (Å²) in [5.74, 6) is 0. The standard InChI is InChI=1S/C37H25F3/c1-22-3-7-25(8-4-22)33-21-34(26-9-5-23(2)6-10-26)32-20-19-30-29(24-11-15-28(16-12-24)37(38,39)40)17-13-27-14-18-31(33)36(32)35(27)30/h3-21H,1-2H3. The Morgan fingerprint density at radius 3 is 1.38 bits per heavy atom. The van der Waals surface area contributed by atoms with E-state index in [1.54, 1.807) is 12.1 Å². The summed E-state index contributed by atoms with van der Waals surface area (Å²) in [6.07, 6.45) is -4.36. The molecule has 0 amide bonds. The van der Waals surface area contributed by atoms with Crippen LogP contribution in [0.4, 0.5) is 13.2 Å². The van der Waals surface area contributed by atoms with Crippen molar-refractivity contribution in [3.05, 3.63) is 132 Å². The quantitative estimate of drug-likeness (QED) is 0.201. The molecule has 0 heterocycles. The lowest BCUT2D eigenvalue weighted by Crippen LogP contribution is -2.04. The molecule has 0 aliphatic heterocycles. The van der Waals surface area contributed by atoms with Crippen LogP contribution in [0.3, 0.4) is 0 Å². The molecule has 0 radical (unpaired) electrons. The second-order valence-corrected chi connectivity index (χ2v) is 10.6. The lowest BCUT2D eigenvalue weighted by molar-refractivity contribution is -0.137. The highest BCUT2D eigenvalue weighted by Crippen LogP contribution is 2.46. The van der Waals surface area contributed by atoms with Crippen molar-refractivity contribution < 1.29 is 13.2 Å². The van der Waals surface area contributed by atoms with Gasteiger partial charge in [-0.3, -0.25) is 0 Å². The molecular formula is C37H25F3. The van der Waals surface area contributed by atoms with Crippen molar-refractivity contribution in [3.63, 3.8) is 0 Å². The minimum Gasteiger partial charge on any atom is -0.166 e. The third kappa shape index (κ3) is 3.93. The Morgan fingerprint density at radius 1 is 0.425 bits per heavy atom. The molecule has 194 valence electrons. The summed E-state index contributed by atoms with van der Waals surface area (Å²) >= 11 is 0. The van der Waals surface area contributed by atoms with Crippen LogP contribution < -0.4 is 0 Å². The predicted octanol–water partition coefficient (Wildman–Crippen LogP) is 11.2. The molecule has 0 aromatic heterocycles. The SMILES string of the molecule is Cc1ccc(-c2cc(-c3ccc(C)cc3)c3ccc4c(-c5ccc(C(F)(F)F)cc5)ccc5ccc2c3c54)cc1. The van der Waals surface area contributed by atoms with Crippen LogP contribution in [0.5, 0.6) is 0 Å². The van der Waals surface area contributed by atoms with E-state index < -0.39 is 11.7 Å². The molecule has 0 aliphatic rings. The Kier molecular flexibility index (Phi) is 5.47. The Bertz CT molecular complexity index is 1950. The second kappa shape index (κ2) is 8.96. The second-order valence-electron chi connectivity index (χ2n) is 10.6. The van der Waals surface area contributed by atoms with Gasteiger partial charge in [0.2, 0.25) is 0 Å². The van der Waals surface area contributed by atoms with Crippen molar-refractivity contribution in [3.8, 4) is 33.4 Å². The zero-order chi connectivity index (χ0) is 27.6. The molecule has 0 saturated carbocycles. The molecule has 0 atom stereocenters. The monoisotopic (exact) mass is 526 g/mol. The van der Waals surface area contributed by atoms with E-state index in [1.165, 1.54) is 16.5 Å². The minimum absolute atomic E-state index is 0.639. The van der Waals surface area contributed by atoms with E-state index in [4.69, 9.17) is 0 Å². The summed E-state index contributed by atoms with van der Waals surface area (Å²) in [6.45, 7) is 4.18. The number of alkyl halides is 3. The Labute approximate surface area is 230 Å². The van der Waals surface area contributed by atoms with Gasteiger partial charge in [-0.15, -0.1) is 0 Å². The topological polar surface area (TPSA) is 0 Å². The molecule has 0 fully saturated rings. The molecule has 0 aliphatic carbocycles. The summed E-state index contributed by atoms with van der Waals surface area (Å²) in [4.78, 5) is 0. The van der Waals surface area contributed by atoms with Gasteiger partial charge >= 0.3 is 6.18 Å². The maximum Gasteiger partial charge on any atom is 0.416 e. The van der Waals surface area contributed by atoms with Gasteiger partial charge in [-0.25, -0.2) is 0 Å². The molecular weight excluding hydrogens is 501 g/mol. The van der Waals surface area contributed by atoms with Crippen molar-refractivity contribution in [2.24, 2.45) is 0 Å². The van der Waals surface area contributed by atoms with Gasteiger partial charge in [-0.2, -0.15) is 13.2 Å². The fourth-order valence-electron chi connectivity index (χ4n) is 5.93. The number of halogens is 3. The maximum atomic E-state index is 13.2. The molecule has 0 N–H and O–H groups in total. The molecule has 7 rings (SSSR count). The van der Waals surface area contributed by atoms with Crippen molar-refractivity contribution in [2.75, 3.05) is 0 Å². The summed E-state index contributed by atoms with van der Waals surface area (Å²) in [5, 5.41) is 6.79. The van der Waals surface area contributed by atoms with Crippen molar-refractivity contribution in [1.82, 2.24) is 0 Å². The van der Waals surface area contributed by atoms with E-state index in [1.807, 2.05) is 6.07 Å². The van der Waals surface area contributed by atoms with Crippen molar-refractivity contribution >= 4 is 32.3 Å². The molecule has 40 heavy (non-hydrogen) atoms. The van der Waals surface area contributed by atoms with E-state index in [-0.39, 0.29) is 0 Å². The smallest absolute Gasteiger partial charge is 0.166 e. The average Bonchev–Trinajstić information content (AvgIpc) is 2.96. The van der Waals surface area contributed by atoms with Crippen molar-refractivity contribution in [2.45, 2.75) is 20.0 Å². The highest BCUT2D eigenvalue weighted by atomic mass is 19.4. The van der Waals surface area contributed by atoms with E-state index in [0.717, 1.165) is 72.4 Å². The first-order chi connectivity index (χ1) is 19.3. The Hall–Kier alpha value is -4.63. The first-order valence-corrected chi connectivity index (χ1v) is 13.3. The largest absolute Gasteiger partial charge is 0.416 e. The summed E-state index contributed by atoms with van der Waals surface area (Å²) < 4.78 is 39.7. The van der Waals surface area contributed by atoms with Gasteiger partial charge in [-0.1, -0.05) is 108 Å². The van der Waals surface area contributed by atoms with Crippen LogP contribution in [-0.4, -0.2) is 0 Å². The third-order valence-corrected chi connectivity index (χ3v) is 8.03. The molecule has 0 unspecified atom stereocenters. The Morgan fingerprint density at radius 2 is 0.850 bits per heavy atom. The summed E-state index contributed by atoms with van der Waals surface area (Å²) in [5.41, 5.74) is 8.11. The summed E-state index contributed by atoms with van der Waals surface area (Å²) in [6, 6.07) is 37.8. The molecule has 0 nitrogen and oxygen atoms in total. The summed E-state index contributed by atoms with van der Waals surface area (Å²) in [7, 11) is 0. The molecule has 0 saturated heterocycles. The van der Waals surface area contributed by atoms with Crippen LogP contribution in [-0.2, 0) is 6.18 Å². The van der Waals surface area contributed by atoms with Gasteiger partial charge in [0.15, 0.2) is 0 Å². The normalized spacial score (nSPS) is 12.1. The van der Waals surface area contributed by atoms with Gasteiger partial charge < -0.3 is 0 Å². The van der Waals surface area contributed by atoms with Gasteiger partial charge in [0.05, 0.1) is 5.56 Å². The van der Waals surface area contributed by atoms with Crippen LogP contribution in [0.2, 0.25) is 0 Å².